The average molecular weight is 494 g/mol. The second-order valence-electron chi connectivity index (χ2n) is 7.01. The van der Waals surface area contributed by atoms with Crippen LogP contribution in [0.5, 0.6) is 0 Å². The van der Waals surface area contributed by atoms with E-state index in [0.29, 0.717) is 25.6 Å². The number of halogens is 1. The lowest BCUT2D eigenvalue weighted by molar-refractivity contribution is -0.138. The van der Waals surface area contributed by atoms with Gasteiger partial charge in [-0.25, -0.2) is 4.79 Å². The Bertz CT molecular complexity index is 559. The average Bonchev–Trinajstić information content (AvgIpc) is 3.21. The molecule has 0 unspecified atom stereocenters. The summed E-state index contributed by atoms with van der Waals surface area (Å²) in [4.78, 5) is 43.2. The second-order valence-corrected chi connectivity index (χ2v) is 7.01. The Labute approximate surface area is 177 Å². The molecule has 0 atom stereocenters. The molecule has 2 aliphatic rings. The van der Waals surface area contributed by atoms with Crippen LogP contribution >= 0.6 is 24.0 Å². The molecule has 1 saturated heterocycles. The standard InChI is InChI=1S/C17H30N6O3.HI/c1-4-18-15(19-9-10-23-13(24)11-20-16(23)26)21-12-17(7-5-6-8-17)14(25)22(2)3;/h4-12H2,1-3H3,(H,20,26)(H2,18,19,21);1H. The van der Waals surface area contributed by atoms with E-state index in [1.807, 2.05) is 6.92 Å². The third-order valence-corrected chi connectivity index (χ3v) is 4.87. The molecule has 0 spiro atoms. The zero-order chi connectivity index (χ0) is 19.2. The van der Waals surface area contributed by atoms with Crippen molar-refractivity contribution in [3.8, 4) is 0 Å². The highest BCUT2D eigenvalue weighted by Gasteiger charge is 2.42. The maximum Gasteiger partial charge on any atom is 0.324 e. The highest BCUT2D eigenvalue weighted by molar-refractivity contribution is 14.0. The van der Waals surface area contributed by atoms with Crippen LogP contribution in [0.4, 0.5) is 4.79 Å². The summed E-state index contributed by atoms with van der Waals surface area (Å²) in [6, 6.07) is -0.361. The molecule has 0 aromatic carbocycles. The number of hydrogen-bond acceptors (Lipinski definition) is 4. The molecule has 2 fully saturated rings. The summed E-state index contributed by atoms with van der Waals surface area (Å²) >= 11 is 0. The first-order chi connectivity index (χ1) is 12.4. The maximum absolute atomic E-state index is 12.6. The highest BCUT2D eigenvalue weighted by Crippen LogP contribution is 2.39. The van der Waals surface area contributed by atoms with Crippen molar-refractivity contribution in [2.75, 3.05) is 46.8 Å². The van der Waals surface area contributed by atoms with E-state index in [4.69, 9.17) is 0 Å². The van der Waals surface area contributed by atoms with Gasteiger partial charge in [-0.1, -0.05) is 12.8 Å². The summed E-state index contributed by atoms with van der Waals surface area (Å²) in [6.07, 6.45) is 3.81. The molecule has 2 rings (SSSR count). The van der Waals surface area contributed by atoms with Crippen LogP contribution in [0.3, 0.4) is 0 Å². The van der Waals surface area contributed by atoms with E-state index in [2.05, 4.69) is 20.9 Å². The van der Waals surface area contributed by atoms with Gasteiger partial charge >= 0.3 is 6.03 Å². The van der Waals surface area contributed by atoms with Crippen molar-refractivity contribution >= 4 is 47.8 Å². The van der Waals surface area contributed by atoms with Crippen LogP contribution < -0.4 is 16.0 Å². The van der Waals surface area contributed by atoms with Gasteiger partial charge in [-0.3, -0.25) is 19.5 Å². The minimum atomic E-state index is -0.420. The second kappa shape index (κ2) is 10.7. The van der Waals surface area contributed by atoms with E-state index in [9.17, 15) is 14.4 Å². The van der Waals surface area contributed by atoms with Gasteiger partial charge in [0.25, 0.3) is 0 Å². The van der Waals surface area contributed by atoms with Crippen molar-refractivity contribution in [1.82, 2.24) is 25.8 Å². The zero-order valence-electron chi connectivity index (χ0n) is 16.3. The number of carbonyl (C=O) groups is 3. The third-order valence-electron chi connectivity index (χ3n) is 4.87. The van der Waals surface area contributed by atoms with Crippen LogP contribution in [0.1, 0.15) is 32.6 Å². The molecule has 9 nitrogen and oxygen atoms in total. The molecule has 27 heavy (non-hydrogen) atoms. The van der Waals surface area contributed by atoms with E-state index in [0.717, 1.165) is 25.7 Å². The fraction of sp³-hybridized carbons (Fsp3) is 0.765. The van der Waals surface area contributed by atoms with Gasteiger partial charge in [0.1, 0.15) is 0 Å². The van der Waals surface area contributed by atoms with Gasteiger partial charge in [0.2, 0.25) is 11.8 Å². The fourth-order valence-corrected chi connectivity index (χ4v) is 3.51. The topological polar surface area (TPSA) is 106 Å². The Morgan fingerprint density at radius 3 is 2.44 bits per heavy atom. The Morgan fingerprint density at radius 1 is 1.26 bits per heavy atom. The third kappa shape index (κ3) is 5.94. The molecular weight excluding hydrogens is 463 g/mol. The van der Waals surface area contributed by atoms with E-state index in [-0.39, 0.29) is 54.9 Å². The van der Waals surface area contributed by atoms with Gasteiger partial charge in [-0.2, -0.15) is 0 Å². The Balaban J connectivity index is 0.00000364. The smallest absolute Gasteiger partial charge is 0.324 e. The lowest BCUT2D eigenvalue weighted by Gasteiger charge is -2.29. The number of amides is 4. The number of nitrogens with one attached hydrogen (secondary N) is 3. The van der Waals surface area contributed by atoms with E-state index in [1.54, 1.807) is 19.0 Å². The van der Waals surface area contributed by atoms with Crippen LogP contribution in [0, 0.1) is 5.41 Å². The van der Waals surface area contributed by atoms with E-state index < -0.39 is 5.41 Å². The molecule has 0 aromatic rings. The van der Waals surface area contributed by atoms with Gasteiger partial charge in [0.05, 0.1) is 18.5 Å². The number of nitrogens with zero attached hydrogens (tertiary/aromatic N) is 3. The predicted molar refractivity (Wildman–Crippen MR) is 114 cm³/mol. The van der Waals surface area contributed by atoms with Gasteiger partial charge in [0.15, 0.2) is 5.96 Å². The quantitative estimate of drug-likeness (QED) is 0.205. The van der Waals surface area contributed by atoms with Crippen molar-refractivity contribution < 1.29 is 14.4 Å². The summed E-state index contributed by atoms with van der Waals surface area (Å²) in [5, 5.41) is 8.78. The van der Waals surface area contributed by atoms with Crippen LogP contribution in [-0.4, -0.2) is 80.4 Å². The number of imide groups is 1. The summed E-state index contributed by atoms with van der Waals surface area (Å²) in [5.74, 6) is 0.506. The summed E-state index contributed by atoms with van der Waals surface area (Å²) in [5.41, 5.74) is -0.420. The largest absolute Gasteiger partial charge is 0.357 e. The predicted octanol–water partition coefficient (Wildman–Crippen LogP) is 0.360. The van der Waals surface area contributed by atoms with Crippen LogP contribution in [-0.2, 0) is 9.59 Å². The van der Waals surface area contributed by atoms with Gasteiger partial charge in [-0.05, 0) is 19.8 Å². The lowest BCUT2D eigenvalue weighted by atomic mass is 9.85. The molecule has 1 aliphatic heterocycles. The molecule has 1 heterocycles. The first-order valence-corrected chi connectivity index (χ1v) is 9.22. The van der Waals surface area contributed by atoms with Crippen molar-refractivity contribution in [3.05, 3.63) is 0 Å². The molecule has 1 saturated carbocycles. The molecule has 0 bridgehead atoms. The summed E-state index contributed by atoms with van der Waals surface area (Å²) in [7, 11) is 3.57. The fourth-order valence-electron chi connectivity index (χ4n) is 3.51. The molecule has 3 N–H and O–H groups in total. The minimum absolute atomic E-state index is 0. The van der Waals surface area contributed by atoms with Gasteiger partial charge < -0.3 is 20.9 Å². The van der Waals surface area contributed by atoms with Crippen molar-refractivity contribution in [2.24, 2.45) is 10.4 Å². The van der Waals surface area contributed by atoms with Crippen LogP contribution in [0.2, 0.25) is 0 Å². The van der Waals surface area contributed by atoms with Gasteiger partial charge in [0, 0.05) is 33.7 Å². The SMILES string of the molecule is CCNC(=NCC1(C(=O)N(C)C)CCCC1)NCCN1C(=O)CNC1=O.I. The molecule has 0 aromatic heterocycles. The number of guanidine groups is 1. The monoisotopic (exact) mass is 494 g/mol. The first-order valence-electron chi connectivity index (χ1n) is 9.22. The Morgan fingerprint density at radius 2 is 1.93 bits per heavy atom. The van der Waals surface area contributed by atoms with Crippen molar-refractivity contribution in [1.29, 1.82) is 0 Å². The minimum Gasteiger partial charge on any atom is -0.357 e. The molecule has 4 amide bonds. The maximum atomic E-state index is 12.6. The highest BCUT2D eigenvalue weighted by atomic mass is 127. The van der Waals surface area contributed by atoms with E-state index >= 15 is 0 Å². The Kier molecular flexibility index (Phi) is 9.27. The summed E-state index contributed by atoms with van der Waals surface area (Å²) < 4.78 is 0. The lowest BCUT2D eigenvalue weighted by Crippen LogP contribution is -2.45. The van der Waals surface area contributed by atoms with Gasteiger partial charge in [-0.15, -0.1) is 24.0 Å². The first kappa shape index (κ1) is 23.4. The number of rotatable bonds is 7. The molecule has 0 radical (unpaired) electrons. The summed E-state index contributed by atoms with van der Waals surface area (Å²) in [6.45, 7) is 3.82. The number of carbonyl (C=O) groups excluding carboxylic acids is 3. The normalized spacial score (nSPS) is 18.8. The van der Waals surface area contributed by atoms with Crippen LogP contribution in [0.25, 0.3) is 0 Å². The zero-order valence-corrected chi connectivity index (χ0v) is 18.7. The van der Waals surface area contributed by atoms with Crippen molar-refractivity contribution in [2.45, 2.75) is 32.6 Å². The van der Waals surface area contributed by atoms with Crippen molar-refractivity contribution in [3.63, 3.8) is 0 Å². The van der Waals surface area contributed by atoms with E-state index in [1.165, 1.54) is 4.90 Å². The molecule has 1 aliphatic carbocycles. The number of hydrogen-bond donors (Lipinski definition) is 3. The Hall–Kier alpha value is -1.59. The molecule has 154 valence electrons. The number of aliphatic imine (C=N–C) groups is 1. The molecule has 10 heteroatoms. The molecular formula is C17H31IN6O3. The van der Waals surface area contributed by atoms with Crippen LogP contribution in [0.15, 0.2) is 4.99 Å². The number of urea groups is 1.